The van der Waals surface area contributed by atoms with E-state index in [9.17, 15) is 22.8 Å². The minimum Gasteiger partial charge on any atom is -0.456 e. The van der Waals surface area contributed by atoms with E-state index in [1.54, 1.807) is 6.92 Å². The van der Waals surface area contributed by atoms with Crippen LogP contribution in [0.1, 0.15) is 28.4 Å². The average molecular weight is 270 g/mol. The van der Waals surface area contributed by atoms with Crippen molar-refractivity contribution in [3.63, 3.8) is 0 Å². The molecule has 0 spiro atoms. The first-order valence-electron chi connectivity index (χ1n) is 5.23. The number of alkyl halides is 3. The van der Waals surface area contributed by atoms with Gasteiger partial charge in [0.05, 0.1) is 12.2 Å². The van der Waals surface area contributed by atoms with Crippen LogP contribution in [0, 0.1) is 11.8 Å². The molecule has 6 heteroatoms. The predicted octanol–water partition coefficient (Wildman–Crippen LogP) is 2.43. The van der Waals surface area contributed by atoms with Crippen molar-refractivity contribution in [2.24, 2.45) is 0 Å². The lowest BCUT2D eigenvalue weighted by molar-refractivity contribution is -0.138. The molecule has 0 bridgehead atoms. The van der Waals surface area contributed by atoms with E-state index in [2.05, 4.69) is 10.7 Å². The van der Waals surface area contributed by atoms with Crippen LogP contribution in [-0.2, 0) is 15.7 Å². The summed E-state index contributed by atoms with van der Waals surface area (Å²) in [5.74, 6) is 3.48. The Labute approximate surface area is 107 Å². The van der Waals surface area contributed by atoms with E-state index in [4.69, 9.17) is 0 Å². The van der Waals surface area contributed by atoms with Crippen LogP contribution >= 0.6 is 0 Å². The maximum atomic E-state index is 12.6. The Morgan fingerprint density at radius 2 is 2.11 bits per heavy atom. The molecule has 3 nitrogen and oxygen atoms in total. The van der Waals surface area contributed by atoms with Crippen molar-refractivity contribution in [3.8, 4) is 11.8 Å². The molecule has 1 aromatic rings. The van der Waals surface area contributed by atoms with Crippen molar-refractivity contribution < 1.29 is 27.5 Å². The van der Waals surface area contributed by atoms with Crippen molar-refractivity contribution in [3.05, 3.63) is 34.9 Å². The quantitative estimate of drug-likeness (QED) is 0.471. The first kappa shape index (κ1) is 14.8. The summed E-state index contributed by atoms with van der Waals surface area (Å²) in [4.78, 5) is 21.5. The number of carbonyl (C=O) groups excluding carboxylic acids is 2. The van der Waals surface area contributed by atoms with Crippen molar-refractivity contribution >= 4 is 12.3 Å². The van der Waals surface area contributed by atoms with E-state index in [-0.39, 0.29) is 18.5 Å². The molecule has 100 valence electrons. The van der Waals surface area contributed by atoms with Gasteiger partial charge in [-0.25, -0.2) is 4.79 Å². The molecule has 0 unspecified atom stereocenters. The summed E-state index contributed by atoms with van der Waals surface area (Å²) in [7, 11) is 0. The second kappa shape index (κ2) is 6.05. The van der Waals surface area contributed by atoms with Crippen LogP contribution in [0.15, 0.2) is 18.2 Å². The second-order valence-corrected chi connectivity index (χ2v) is 3.39. The normalized spacial score (nSPS) is 10.3. The fourth-order valence-corrected chi connectivity index (χ4v) is 1.27. The molecule has 0 aromatic heterocycles. The zero-order chi connectivity index (χ0) is 14.5. The molecular weight excluding hydrogens is 261 g/mol. The second-order valence-electron chi connectivity index (χ2n) is 3.39. The van der Waals surface area contributed by atoms with Gasteiger partial charge in [0.25, 0.3) is 0 Å². The van der Waals surface area contributed by atoms with Crippen LogP contribution in [0.3, 0.4) is 0 Å². The first-order chi connectivity index (χ1) is 8.88. The van der Waals surface area contributed by atoms with Crippen molar-refractivity contribution in [1.82, 2.24) is 0 Å². The Balaban J connectivity index is 3.12. The number of halogens is 3. The topological polar surface area (TPSA) is 43.4 Å². The lowest BCUT2D eigenvalue weighted by Crippen LogP contribution is -2.09. The van der Waals surface area contributed by atoms with Crippen LogP contribution in [-0.4, -0.2) is 18.9 Å². The minimum atomic E-state index is -4.65. The summed E-state index contributed by atoms with van der Waals surface area (Å²) in [6.07, 6.45) is -4.54. The monoisotopic (exact) mass is 270 g/mol. The number of hydrogen-bond donors (Lipinski definition) is 0. The standard InChI is InChI=1S/C13H9F3O3/c1-2-19-12(18)6-4-9-3-5-10(8-17)11(7-9)13(14,15)16/h3,5,7-8H,2H2,1H3. The van der Waals surface area contributed by atoms with Gasteiger partial charge in [0.2, 0.25) is 0 Å². The smallest absolute Gasteiger partial charge is 0.417 e. The van der Waals surface area contributed by atoms with Gasteiger partial charge >= 0.3 is 12.1 Å². The molecule has 1 aromatic carbocycles. The highest BCUT2D eigenvalue weighted by Crippen LogP contribution is 2.31. The highest BCUT2D eigenvalue weighted by atomic mass is 19.4. The molecule has 0 aliphatic carbocycles. The van der Waals surface area contributed by atoms with Crippen LogP contribution in [0.4, 0.5) is 13.2 Å². The minimum absolute atomic E-state index is 0.0222. The van der Waals surface area contributed by atoms with Crippen molar-refractivity contribution in [2.75, 3.05) is 6.61 Å². The van der Waals surface area contributed by atoms with Crippen molar-refractivity contribution in [2.45, 2.75) is 13.1 Å². The molecule has 0 aliphatic rings. The third kappa shape index (κ3) is 4.14. The fourth-order valence-electron chi connectivity index (χ4n) is 1.27. The first-order valence-corrected chi connectivity index (χ1v) is 5.23. The van der Waals surface area contributed by atoms with Crippen LogP contribution in [0.2, 0.25) is 0 Å². The van der Waals surface area contributed by atoms with Gasteiger partial charge in [-0.3, -0.25) is 4.79 Å². The van der Waals surface area contributed by atoms with E-state index in [1.165, 1.54) is 6.07 Å². The highest BCUT2D eigenvalue weighted by Gasteiger charge is 2.33. The molecule has 0 saturated carbocycles. The average Bonchev–Trinajstić information content (AvgIpc) is 2.35. The molecule has 0 radical (unpaired) electrons. The van der Waals surface area contributed by atoms with Gasteiger partial charge in [0, 0.05) is 17.0 Å². The highest BCUT2D eigenvalue weighted by molar-refractivity contribution is 5.89. The Morgan fingerprint density at radius 1 is 1.42 bits per heavy atom. The number of benzene rings is 1. The van der Waals surface area contributed by atoms with E-state index in [0.717, 1.165) is 12.1 Å². The fraction of sp³-hybridized carbons (Fsp3) is 0.231. The van der Waals surface area contributed by atoms with Gasteiger partial charge in [-0.1, -0.05) is 5.92 Å². The zero-order valence-electron chi connectivity index (χ0n) is 9.88. The lowest BCUT2D eigenvalue weighted by atomic mass is 10.0. The summed E-state index contributed by atoms with van der Waals surface area (Å²) in [6, 6.07) is 2.95. The third-order valence-corrected chi connectivity index (χ3v) is 2.07. The summed E-state index contributed by atoms with van der Waals surface area (Å²) in [6.45, 7) is 1.71. The summed E-state index contributed by atoms with van der Waals surface area (Å²) < 4.78 is 42.4. The zero-order valence-corrected chi connectivity index (χ0v) is 9.88. The van der Waals surface area contributed by atoms with E-state index < -0.39 is 23.3 Å². The van der Waals surface area contributed by atoms with Gasteiger partial charge in [0.15, 0.2) is 6.29 Å². The molecule has 0 N–H and O–H groups in total. The molecule has 1 rings (SSSR count). The maximum absolute atomic E-state index is 12.6. The van der Waals surface area contributed by atoms with Crippen molar-refractivity contribution in [1.29, 1.82) is 0 Å². The predicted molar refractivity (Wildman–Crippen MR) is 60.3 cm³/mol. The Bertz CT molecular complexity index is 550. The largest absolute Gasteiger partial charge is 0.456 e. The van der Waals surface area contributed by atoms with Crippen LogP contribution in [0.5, 0.6) is 0 Å². The summed E-state index contributed by atoms with van der Waals surface area (Å²) in [5.41, 5.74) is -1.58. The molecule has 0 fully saturated rings. The lowest BCUT2D eigenvalue weighted by Gasteiger charge is -2.09. The maximum Gasteiger partial charge on any atom is 0.417 e. The molecule has 0 atom stereocenters. The van der Waals surface area contributed by atoms with Gasteiger partial charge < -0.3 is 4.74 Å². The molecule has 0 amide bonds. The van der Waals surface area contributed by atoms with E-state index in [0.29, 0.717) is 0 Å². The Morgan fingerprint density at radius 3 is 2.63 bits per heavy atom. The summed E-state index contributed by atoms with van der Waals surface area (Å²) in [5, 5.41) is 0. The number of carbonyl (C=O) groups is 2. The van der Waals surface area contributed by atoms with E-state index in [1.807, 2.05) is 5.92 Å². The Hall–Kier alpha value is -2.29. The van der Waals surface area contributed by atoms with Gasteiger partial charge in [-0.05, 0) is 25.1 Å². The number of ether oxygens (including phenoxy) is 1. The van der Waals surface area contributed by atoms with Crippen LogP contribution < -0.4 is 0 Å². The number of aldehydes is 1. The molecule has 0 saturated heterocycles. The number of esters is 1. The molecule has 19 heavy (non-hydrogen) atoms. The molecule has 0 aliphatic heterocycles. The SMILES string of the molecule is CCOC(=O)C#Cc1ccc(C=O)c(C(F)(F)F)c1. The Kier molecular flexibility index (Phi) is 4.70. The van der Waals surface area contributed by atoms with Gasteiger partial charge in [0.1, 0.15) is 0 Å². The summed E-state index contributed by atoms with van der Waals surface area (Å²) >= 11 is 0. The number of rotatable bonds is 2. The van der Waals surface area contributed by atoms with Gasteiger partial charge in [-0.2, -0.15) is 13.2 Å². The van der Waals surface area contributed by atoms with E-state index >= 15 is 0 Å². The number of hydrogen-bond acceptors (Lipinski definition) is 3. The molecule has 0 heterocycles. The molecular formula is C13H9F3O3. The third-order valence-electron chi connectivity index (χ3n) is 2.07. The van der Waals surface area contributed by atoms with Gasteiger partial charge in [-0.15, -0.1) is 0 Å². The van der Waals surface area contributed by atoms with Crippen LogP contribution in [0.25, 0.3) is 0 Å².